The van der Waals surface area contributed by atoms with Gasteiger partial charge < -0.3 is 10.3 Å². The summed E-state index contributed by atoms with van der Waals surface area (Å²) in [7, 11) is 0. The predicted octanol–water partition coefficient (Wildman–Crippen LogP) is 2.91. The number of nitrogens with two attached hydrogens (primary N) is 1. The number of hydrogen-bond donors (Lipinski definition) is 1. The first-order valence-corrected chi connectivity index (χ1v) is 5.12. The Bertz CT molecular complexity index is 462. The molecule has 0 fully saturated rings. The minimum Gasteiger partial charge on any atom is -0.345 e. The van der Waals surface area contributed by atoms with E-state index in [1.54, 1.807) is 6.07 Å². The van der Waals surface area contributed by atoms with Crippen LogP contribution in [0.3, 0.4) is 0 Å². The van der Waals surface area contributed by atoms with E-state index in [2.05, 4.69) is 0 Å². The maximum absolute atomic E-state index is 6.11. The molecule has 0 spiro atoms. The molecule has 2 N–H and O–H groups in total. The smallest absolute Gasteiger partial charge is 0.0835 e. The molecule has 0 radical (unpaired) electrons. The third-order valence-corrected chi connectivity index (χ3v) is 2.99. The van der Waals surface area contributed by atoms with Crippen molar-refractivity contribution in [1.82, 2.24) is 4.57 Å². The Morgan fingerprint density at radius 1 is 1.21 bits per heavy atom. The van der Waals surface area contributed by atoms with Crippen molar-refractivity contribution >= 4 is 34.1 Å². The van der Waals surface area contributed by atoms with Gasteiger partial charge >= 0.3 is 0 Å². The van der Waals surface area contributed by atoms with E-state index in [4.69, 9.17) is 28.9 Å². The van der Waals surface area contributed by atoms with Crippen LogP contribution in [0.5, 0.6) is 0 Å². The Morgan fingerprint density at radius 2 is 2.00 bits per heavy atom. The lowest BCUT2D eigenvalue weighted by atomic mass is 10.2. The van der Waals surface area contributed by atoms with Gasteiger partial charge in [0.2, 0.25) is 0 Å². The Hall–Kier alpha value is -0.700. The number of benzene rings is 1. The highest BCUT2D eigenvalue weighted by molar-refractivity contribution is 6.45. The van der Waals surface area contributed by atoms with Crippen molar-refractivity contribution in [3.8, 4) is 0 Å². The van der Waals surface area contributed by atoms with Gasteiger partial charge in [-0.2, -0.15) is 0 Å². The largest absolute Gasteiger partial charge is 0.345 e. The van der Waals surface area contributed by atoms with E-state index in [0.717, 1.165) is 17.4 Å². The van der Waals surface area contributed by atoms with E-state index in [1.165, 1.54) is 0 Å². The molecule has 1 aromatic heterocycles. The van der Waals surface area contributed by atoms with Gasteiger partial charge in [0.15, 0.2) is 0 Å². The van der Waals surface area contributed by atoms with Gasteiger partial charge in [-0.1, -0.05) is 29.3 Å². The van der Waals surface area contributed by atoms with E-state index in [1.807, 2.05) is 22.9 Å². The maximum atomic E-state index is 6.11. The Morgan fingerprint density at radius 3 is 2.71 bits per heavy atom. The normalized spacial score (nSPS) is 11.1. The molecular weight excluding hydrogens is 219 g/mol. The van der Waals surface area contributed by atoms with Gasteiger partial charge in [-0.3, -0.25) is 0 Å². The molecule has 0 saturated heterocycles. The molecule has 1 heterocycles. The minimum atomic E-state index is 0.580. The molecule has 0 amide bonds. The molecular formula is C10H10Cl2N2. The molecule has 0 aliphatic heterocycles. The maximum Gasteiger partial charge on any atom is 0.0835 e. The van der Waals surface area contributed by atoms with Crippen LogP contribution in [0.2, 0.25) is 10.0 Å². The van der Waals surface area contributed by atoms with Crippen LogP contribution in [0.1, 0.15) is 0 Å². The van der Waals surface area contributed by atoms with E-state index >= 15 is 0 Å². The van der Waals surface area contributed by atoms with E-state index in [0.29, 0.717) is 16.6 Å². The summed E-state index contributed by atoms with van der Waals surface area (Å²) in [5.74, 6) is 0. The quantitative estimate of drug-likeness (QED) is 0.843. The molecule has 1 aromatic carbocycles. The molecule has 0 unspecified atom stereocenters. The van der Waals surface area contributed by atoms with E-state index in [9.17, 15) is 0 Å². The lowest BCUT2D eigenvalue weighted by Gasteiger charge is -2.05. The second kappa shape index (κ2) is 3.81. The molecule has 2 rings (SSSR count). The Labute approximate surface area is 92.2 Å². The lowest BCUT2D eigenvalue weighted by molar-refractivity contribution is 0.735. The first kappa shape index (κ1) is 9.84. The third kappa shape index (κ3) is 1.50. The van der Waals surface area contributed by atoms with Crippen molar-refractivity contribution in [2.75, 3.05) is 6.54 Å². The summed E-state index contributed by atoms with van der Waals surface area (Å²) >= 11 is 12.1. The SMILES string of the molecule is NCCn1ccc2ccc(Cl)c(Cl)c21. The van der Waals surface area contributed by atoms with Gasteiger partial charge in [0.1, 0.15) is 0 Å². The molecule has 2 nitrogen and oxygen atoms in total. The van der Waals surface area contributed by atoms with Crippen molar-refractivity contribution in [2.45, 2.75) is 6.54 Å². The molecule has 0 saturated carbocycles. The summed E-state index contributed by atoms with van der Waals surface area (Å²) in [6.45, 7) is 1.34. The van der Waals surface area contributed by atoms with Gasteiger partial charge in [0.25, 0.3) is 0 Å². The fourth-order valence-electron chi connectivity index (χ4n) is 1.55. The number of nitrogens with zero attached hydrogens (tertiary/aromatic N) is 1. The van der Waals surface area contributed by atoms with Crippen LogP contribution >= 0.6 is 23.2 Å². The standard InChI is InChI=1S/C10H10Cl2N2/c11-8-2-1-7-3-5-14(6-4-13)10(7)9(8)12/h1-3,5H,4,6,13H2. The molecule has 14 heavy (non-hydrogen) atoms. The number of rotatable bonds is 2. The Balaban J connectivity index is 2.69. The van der Waals surface area contributed by atoms with Crippen LogP contribution in [-0.4, -0.2) is 11.1 Å². The number of aromatic nitrogens is 1. The van der Waals surface area contributed by atoms with Gasteiger partial charge in [0, 0.05) is 24.7 Å². The van der Waals surface area contributed by atoms with Crippen LogP contribution in [-0.2, 0) is 6.54 Å². The number of halogens is 2. The minimum absolute atomic E-state index is 0.580. The lowest BCUT2D eigenvalue weighted by Crippen LogP contribution is -2.08. The van der Waals surface area contributed by atoms with Crippen LogP contribution < -0.4 is 5.73 Å². The molecule has 4 heteroatoms. The summed E-state index contributed by atoms with van der Waals surface area (Å²) in [4.78, 5) is 0. The summed E-state index contributed by atoms with van der Waals surface area (Å²) < 4.78 is 2.02. The molecule has 0 bridgehead atoms. The second-order valence-corrected chi connectivity index (χ2v) is 3.88. The van der Waals surface area contributed by atoms with Crippen molar-refractivity contribution in [2.24, 2.45) is 5.73 Å². The summed E-state index contributed by atoms with van der Waals surface area (Å²) in [5, 5.41) is 2.27. The first-order valence-electron chi connectivity index (χ1n) is 4.37. The predicted molar refractivity (Wildman–Crippen MR) is 61.0 cm³/mol. The van der Waals surface area contributed by atoms with Crippen LogP contribution in [0.15, 0.2) is 24.4 Å². The van der Waals surface area contributed by atoms with Gasteiger partial charge in [-0.05, 0) is 12.1 Å². The third-order valence-electron chi connectivity index (χ3n) is 2.19. The zero-order valence-corrected chi connectivity index (χ0v) is 9.02. The highest BCUT2D eigenvalue weighted by Gasteiger charge is 2.07. The van der Waals surface area contributed by atoms with Crippen LogP contribution in [0.25, 0.3) is 10.9 Å². The monoisotopic (exact) mass is 228 g/mol. The van der Waals surface area contributed by atoms with Crippen molar-refractivity contribution in [1.29, 1.82) is 0 Å². The summed E-state index contributed by atoms with van der Waals surface area (Å²) in [6, 6.07) is 5.77. The zero-order valence-electron chi connectivity index (χ0n) is 7.50. The number of hydrogen-bond acceptors (Lipinski definition) is 1. The summed E-state index contributed by atoms with van der Waals surface area (Å²) in [6.07, 6.45) is 1.97. The fourth-order valence-corrected chi connectivity index (χ4v) is 1.98. The molecule has 0 atom stereocenters. The van der Waals surface area contributed by atoms with Crippen molar-refractivity contribution < 1.29 is 0 Å². The molecule has 0 aliphatic rings. The molecule has 0 aliphatic carbocycles. The van der Waals surface area contributed by atoms with E-state index in [-0.39, 0.29) is 0 Å². The topological polar surface area (TPSA) is 30.9 Å². The highest BCUT2D eigenvalue weighted by Crippen LogP contribution is 2.31. The zero-order chi connectivity index (χ0) is 10.1. The average molecular weight is 229 g/mol. The first-order chi connectivity index (χ1) is 6.74. The van der Waals surface area contributed by atoms with Crippen molar-refractivity contribution in [3.63, 3.8) is 0 Å². The van der Waals surface area contributed by atoms with Gasteiger partial charge in [-0.15, -0.1) is 0 Å². The molecule has 74 valence electrons. The van der Waals surface area contributed by atoms with Gasteiger partial charge in [0.05, 0.1) is 15.6 Å². The van der Waals surface area contributed by atoms with E-state index < -0.39 is 0 Å². The fraction of sp³-hybridized carbons (Fsp3) is 0.200. The molecule has 2 aromatic rings. The Kier molecular flexibility index (Phi) is 2.68. The van der Waals surface area contributed by atoms with Crippen LogP contribution in [0.4, 0.5) is 0 Å². The average Bonchev–Trinajstić information content (AvgIpc) is 2.57. The van der Waals surface area contributed by atoms with Crippen LogP contribution in [0, 0.1) is 0 Å². The summed E-state index contributed by atoms with van der Waals surface area (Å²) in [5.41, 5.74) is 6.46. The second-order valence-electron chi connectivity index (χ2n) is 3.10. The van der Waals surface area contributed by atoms with Crippen molar-refractivity contribution in [3.05, 3.63) is 34.4 Å². The van der Waals surface area contributed by atoms with Gasteiger partial charge in [-0.25, -0.2) is 0 Å². The highest BCUT2D eigenvalue weighted by atomic mass is 35.5. The number of fused-ring (bicyclic) bond motifs is 1.